The van der Waals surface area contributed by atoms with Gasteiger partial charge in [-0.1, -0.05) is 30.3 Å². The van der Waals surface area contributed by atoms with Crippen molar-refractivity contribution in [3.63, 3.8) is 0 Å². The molecule has 0 fully saturated rings. The fourth-order valence-corrected chi connectivity index (χ4v) is 3.83. The van der Waals surface area contributed by atoms with Crippen LogP contribution in [0.4, 0.5) is 0 Å². The molecule has 1 amide bonds. The van der Waals surface area contributed by atoms with Gasteiger partial charge in [0.15, 0.2) is 0 Å². The van der Waals surface area contributed by atoms with E-state index in [9.17, 15) is 18.0 Å². The highest BCUT2D eigenvalue weighted by molar-refractivity contribution is 7.89. The van der Waals surface area contributed by atoms with E-state index in [1.165, 1.54) is 18.2 Å². The second-order valence-electron chi connectivity index (χ2n) is 6.30. The zero-order valence-electron chi connectivity index (χ0n) is 15.1. The number of fused-ring (bicyclic) bond motifs is 1. The molecule has 0 atom stereocenters. The van der Waals surface area contributed by atoms with E-state index in [-0.39, 0.29) is 29.3 Å². The predicted octanol–water partition coefficient (Wildman–Crippen LogP) is 1.56. The lowest BCUT2D eigenvalue weighted by Gasteiger charge is -2.08. The molecule has 0 spiro atoms. The van der Waals surface area contributed by atoms with Crippen LogP contribution in [0, 0.1) is 0 Å². The molecule has 0 aliphatic heterocycles. The summed E-state index contributed by atoms with van der Waals surface area (Å²) in [5.74, 6) is -0.213. The summed E-state index contributed by atoms with van der Waals surface area (Å²) in [6.45, 7) is 0.502. The Hall–Kier alpha value is -2.97. The Morgan fingerprint density at radius 2 is 1.75 bits per heavy atom. The summed E-state index contributed by atoms with van der Waals surface area (Å²) in [5.41, 5.74) is 1.44. The smallest absolute Gasteiger partial charge is 0.248 e. The number of aromatic nitrogens is 1. The van der Waals surface area contributed by atoms with Gasteiger partial charge in [0, 0.05) is 31.1 Å². The lowest BCUT2D eigenvalue weighted by molar-refractivity contribution is -0.120. The minimum absolute atomic E-state index is 0.00314. The molecule has 7 nitrogen and oxygen atoms in total. The summed E-state index contributed by atoms with van der Waals surface area (Å²) in [5, 5.41) is 3.39. The fourth-order valence-electron chi connectivity index (χ4n) is 2.76. The molecule has 3 N–H and O–H groups in total. The number of hydrogen-bond acceptors (Lipinski definition) is 4. The molecule has 146 valence electrons. The molecule has 0 saturated carbocycles. The van der Waals surface area contributed by atoms with Crippen LogP contribution in [0.5, 0.6) is 0 Å². The van der Waals surface area contributed by atoms with Gasteiger partial charge < -0.3 is 10.3 Å². The average molecular weight is 399 g/mol. The number of nitrogens with one attached hydrogen (secondary N) is 3. The van der Waals surface area contributed by atoms with Crippen molar-refractivity contribution in [2.24, 2.45) is 0 Å². The lowest BCUT2D eigenvalue weighted by atomic mass is 10.1. The van der Waals surface area contributed by atoms with Crippen LogP contribution in [0.1, 0.15) is 12.0 Å². The van der Waals surface area contributed by atoms with Crippen molar-refractivity contribution < 1.29 is 13.2 Å². The van der Waals surface area contributed by atoms with Gasteiger partial charge in [-0.25, -0.2) is 13.1 Å². The van der Waals surface area contributed by atoms with Crippen LogP contribution >= 0.6 is 0 Å². The fraction of sp³-hybridized carbons (Fsp3) is 0.200. The molecule has 3 aromatic rings. The number of carbonyl (C=O) groups excluding carboxylic acids is 1. The van der Waals surface area contributed by atoms with Gasteiger partial charge in [-0.3, -0.25) is 9.59 Å². The summed E-state index contributed by atoms with van der Waals surface area (Å²) in [6, 6.07) is 17.1. The molecule has 1 heterocycles. The quantitative estimate of drug-likeness (QED) is 0.534. The molecule has 0 bridgehead atoms. The van der Waals surface area contributed by atoms with E-state index in [0.29, 0.717) is 17.4 Å². The van der Waals surface area contributed by atoms with E-state index in [2.05, 4.69) is 15.0 Å². The number of carbonyl (C=O) groups is 1. The van der Waals surface area contributed by atoms with Gasteiger partial charge >= 0.3 is 0 Å². The van der Waals surface area contributed by atoms with Gasteiger partial charge in [0.2, 0.25) is 21.5 Å². The molecule has 0 saturated heterocycles. The summed E-state index contributed by atoms with van der Waals surface area (Å²) in [6.07, 6.45) is 0.770. The van der Waals surface area contributed by atoms with Crippen LogP contribution in [0.3, 0.4) is 0 Å². The first-order valence-corrected chi connectivity index (χ1v) is 10.4. The highest BCUT2D eigenvalue weighted by atomic mass is 32.2. The van der Waals surface area contributed by atoms with E-state index in [1.54, 1.807) is 12.1 Å². The Balaban J connectivity index is 1.50. The van der Waals surface area contributed by atoms with E-state index in [1.807, 2.05) is 30.3 Å². The molecule has 3 rings (SSSR count). The second kappa shape index (κ2) is 8.81. The molecule has 0 radical (unpaired) electrons. The number of benzene rings is 2. The SMILES string of the molecule is O=C(CCNS(=O)(=O)c1ccc2[nH]c(=O)ccc2c1)NCCc1ccccc1. The molecule has 0 aliphatic carbocycles. The minimum Gasteiger partial charge on any atom is -0.356 e. The number of rotatable bonds is 8. The van der Waals surface area contributed by atoms with Crippen LogP contribution in [0.15, 0.2) is 70.4 Å². The van der Waals surface area contributed by atoms with Crippen molar-refractivity contribution in [3.05, 3.63) is 76.6 Å². The lowest BCUT2D eigenvalue weighted by Crippen LogP contribution is -2.31. The maximum atomic E-state index is 12.4. The van der Waals surface area contributed by atoms with Crippen molar-refractivity contribution in [3.8, 4) is 0 Å². The normalized spacial score (nSPS) is 11.4. The number of pyridine rings is 1. The Morgan fingerprint density at radius 1 is 0.964 bits per heavy atom. The van der Waals surface area contributed by atoms with E-state index < -0.39 is 10.0 Å². The van der Waals surface area contributed by atoms with Gasteiger partial charge in [-0.15, -0.1) is 0 Å². The predicted molar refractivity (Wildman–Crippen MR) is 108 cm³/mol. The van der Waals surface area contributed by atoms with Gasteiger partial charge in [0.1, 0.15) is 0 Å². The van der Waals surface area contributed by atoms with Crippen LogP contribution < -0.4 is 15.6 Å². The number of aromatic amines is 1. The molecule has 2 aromatic carbocycles. The van der Waals surface area contributed by atoms with Gasteiger partial charge in [-0.2, -0.15) is 0 Å². The van der Waals surface area contributed by atoms with Crippen molar-refractivity contribution >= 4 is 26.8 Å². The van der Waals surface area contributed by atoms with Crippen LogP contribution in [0.2, 0.25) is 0 Å². The first-order chi connectivity index (χ1) is 13.4. The van der Waals surface area contributed by atoms with Crippen LogP contribution in [-0.4, -0.2) is 32.4 Å². The highest BCUT2D eigenvalue weighted by Crippen LogP contribution is 2.16. The Labute approximate surface area is 162 Å². The second-order valence-corrected chi connectivity index (χ2v) is 8.07. The van der Waals surface area contributed by atoms with Crippen molar-refractivity contribution in [1.29, 1.82) is 0 Å². The van der Waals surface area contributed by atoms with E-state index in [4.69, 9.17) is 0 Å². The van der Waals surface area contributed by atoms with Gasteiger partial charge in [0.25, 0.3) is 0 Å². The highest BCUT2D eigenvalue weighted by Gasteiger charge is 2.15. The van der Waals surface area contributed by atoms with Crippen LogP contribution in [-0.2, 0) is 21.2 Å². The van der Waals surface area contributed by atoms with E-state index >= 15 is 0 Å². The first kappa shape index (κ1) is 19.8. The Morgan fingerprint density at radius 3 is 2.54 bits per heavy atom. The number of amides is 1. The topological polar surface area (TPSA) is 108 Å². The van der Waals surface area contributed by atoms with Gasteiger partial charge in [-0.05, 0) is 41.6 Å². The maximum absolute atomic E-state index is 12.4. The van der Waals surface area contributed by atoms with Gasteiger partial charge in [0.05, 0.1) is 4.90 Å². The first-order valence-electron chi connectivity index (χ1n) is 8.87. The molecule has 1 aromatic heterocycles. The molecule has 8 heteroatoms. The molecule has 28 heavy (non-hydrogen) atoms. The number of H-pyrrole nitrogens is 1. The van der Waals surface area contributed by atoms with E-state index in [0.717, 1.165) is 12.0 Å². The molecule has 0 unspecified atom stereocenters. The average Bonchev–Trinajstić information content (AvgIpc) is 2.68. The Bertz CT molecular complexity index is 1120. The molecule has 0 aliphatic rings. The number of sulfonamides is 1. The zero-order chi connectivity index (χ0) is 20.0. The third kappa shape index (κ3) is 5.28. The van der Waals surface area contributed by atoms with Crippen molar-refractivity contribution in [2.45, 2.75) is 17.7 Å². The van der Waals surface area contributed by atoms with Crippen molar-refractivity contribution in [1.82, 2.24) is 15.0 Å². The molecular formula is C20H21N3O4S. The number of hydrogen-bond donors (Lipinski definition) is 3. The maximum Gasteiger partial charge on any atom is 0.248 e. The zero-order valence-corrected chi connectivity index (χ0v) is 16.0. The monoisotopic (exact) mass is 399 g/mol. The third-order valence-corrected chi connectivity index (χ3v) is 5.69. The largest absolute Gasteiger partial charge is 0.356 e. The summed E-state index contributed by atoms with van der Waals surface area (Å²) >= 11 is 0. The summed E-state index contributed by atoms with van der Waals surface area (Å²) in [7, 11) is -3.74. The molecular weight excluding hydrogens is 378 g/mol. The summed E-state index contributed by atoms with van der Waals surface area (Å²) in [4.78, 5) is 25.9. The minimum atomic E-state index is -3.74. The standard InChI is InChI=1S/C20H21N3O4S/c24-19(21-12-10-15-4-2-1-3-5-15)11-13-22-28(26,27)17-7-8-18-16(14-17)6-9-20(25)23-18/h1-9,14,22H,10-13H2,(H,21,24)(H,23,25). The van der Waals surface area contributed by atoms with Crippen LogP contribution in [0.25, 0.3) is 10.9 Å². The van der Waals surface area contributed by atoms with Crippen molar-refractivity contribution in [2.75, 3.05) is 13.1 Å². The third-order valence-electron chi connectivity index (χ3n) is 4.23. The Kier molecular flexibility index (Phi) is 6.23. The summed E-state index contributed by atoms with van der Waals surface area (Å²) < 4.78 is 27.2.